The van der Waals surface area contributed by atoms with Crippen molar-refractivity contribution in [3.8, 4) is 0 Å². The third-order valence-electron chi connectivity index (χ3n) is 5.48. The lowest BCUT2D eigenvalue weighted by Gasteiger charge is -2.27. The maximum absolute atomic E-state index is 12.7. The van der Waals surface area contributed by atoms with Crippen molar-refractivity contribution < 1.29 is 4.79 Å². The van der Waals surface area contributed by atoms with Gasteiger partial charge in [0.05, 0.1) is 11.7 Å². The van der Waals surface area contributed by atoms with Crippen molar-refractivity contribution in [1.82, 2.24) is 9.88 Å². The van der Waals surface area contributed by atoms with Gasteiger partial charge in [0.25, 0.3) is 5.56 Å². The Morgan fingerprint density at radius 1 is 1.19 bits per heavy atom. The molecule has 0 saturated heterocycles. The summed E-state index contributed by atoms with van der Waals surface area (Å²) in [7, 11) is 1.68. The molecular weight excluding hydrogens is 338 g/mol. The van der Waals surface area contributed by atoms with Crippen LogP contribution in [0.5, 0.6) is 0 Å². The summed E-state index contributed by atoms with van der Waals surface area (Å²) in [5.74, 6) is 0.656. The molecule has 1 heterocycles. The topological polar surface area (TPSA) is 63.1 Å². The van der Waals surface area contributed by atoms with Gasteiger partial charge in [-0.15, -0.1) is 0 Å². The van der Waals surface area contributed by atoms with E-state index in [4.69, 9.17) is 0 Å². The largest absolute Gasteiger partial charge is 0.331 e. The van der Waals surface area contributed by atoms with Crippen molar-refractivity contribution in [2.45, 2.75) is 51.5 Å². The van der Waals surface area contributed by atoms with Crippen LogP contribution in [0.1, 0.15) is 55.7 Å². The van der Waals surface area contributed by atoms with E-state index < -0.39 is 0 Å². The van der Waals surface area contributed by atoms with Crippen LogP contribution in [0.2, 0.25) is 0 Å². The normalized spacial score (nSPS) is 15.9. The van der Waals surface area contributed by atoms with Gasteiger partial charge in [-0.1, -0.05) is 62.4 Å². The quantitative estimate of drug-likeness (QED) is 0.816. The number of urea groups is 1. The fraction of sp³-hybridized carbons (Fsp3) is 0.455. The number of nitrogens with one attached hydrogen (secondary N) is 2. The van der Waals surface area contributed by atoms with E-state index in [0.29, 0.717) is 11.6 Å². The van der Waals surface area contributed by atoms with E-state index >= 15 is 0 Å². The molecule has 1 unspecified atom stereocenters. The number of carbonyl (C=O) groups excluding carboxylic acids is 1. The predicted octanol–water partition coefficient (Wildman–Crippen LogP) is 4.53. The molecule has 2 aromatic rings. The molecule has 5 heteroatoms. The minimum Gasteiger partial charge on any atom is -0.331 e. The zero-order valence-electron chi connectivity index (χ0n) is 16.2. The first-order chi connectivity index (χ1) is 13.0. The van der Waals surface area contributed by atoms with Crippen LogP contribution < -0.4 is 16.2 Å². The molecule has 2 amide bonds. The summed E-state index contributed by atoms with van der Waals surface area (Å²) in [5.41, 5.74) is 2.46. The van der Waals surface area contributed by atoms with Crippen LogP contribution in [0.4, 0.5) is 10.5 Å². The molecule has 1 aromatic carbocycles. The number of aryl methyl sites for hydroxylation is 2. The van der Waals surface area contributed by atoms with Gasteiger partial charge >= 0.3 is 6.03 Å². The fourth-order valence-electron chi connectivity index (χ4n) is 3.89. The minimum absolute atomic E-state index is 0.0119. The molecular formula is C22H29N3O2. The van der Waals surface area contributed by atoms with Crippen LogP contribution >= 0.6 is 0 Å². The molecule has 2 N–H and O–H groups in total. The number of nitrogens with zero attached hydrogens (tertiary/aromatic N) is 1. The number of carbonyl (C=O) groups is 1. The van der Waals surface area contributed by atoms with Gasteiger partial charge in [0, 0.05) is 19.3 Å². The number of anilines is 1. The molecule has 3 rings (SSSR count). The maximum Gasteiger partial charge on any atom is 0.319 e. The number of amides is 2. The van der Waals surface area contributed by atoms with Gasteiger partial charge < -0.3 is 15.2 Å². The van der Waals surface area contributed by atoms with Crippen molar-refractivity contribution in [1.29, 1.82) is 0 Å². The lowest BCUT2D eigenvalue weighted by atomic mass is 9.83. The van der Waals surface area contributed by atoms with E-state index in [2.05, 4.69) is 22.8 Å². The molecule has 27 heavy (non-hydrogen) atoms. The smallest absolute Gasteiger partial charge is 0.319 e. The SMILES string of the molecule is Cc1cc(=O)n(C)cc1NC(=O)NC(CC1CCCCC1)c1ccccc1. The first kappa shape index (κ1) is 19.2. The predicted molar refractivity (Wildman–Crippen MR) is 109 cm³/mol. The Morgan fingerprint density at radius 2 is 1.89 bits per heavy atom. The summed E-state index contributed by atoms with van der Waals surface area (Å²) < 4.78 is 1.47. The number of pyridine rings is 1. The van der Waals surface area contributed by atoms with Crippen LogP contribution in [0.15, 0.2) is 47.4 Å². The Labute approximate surface area is 160 Å². The van der Waals surface area contributed by atoms with Crippen molar-refractivity contribution in [2.75, 3.05) is 5.32 Å². The first-order valence-corrected chi connectivity index (χ1v) is 9.82. The van der Waals surface area contributed by atoms with Gasteiger partial charge in [-0.05, 0) is 30.4 Å². The highest BCUT2D eigenvalue weighted by Crippen LogP contribution is 2.32. The molecule has 1 aliphatic carbocycles. The summed E-state index contributed by atoms with van der Waals surface area (Å²) >= 11 is 0. The molecule has 1 aliphatic rings. The molecule has 144 valence electrons. The molecule has 1 atom stereocenters. The monoisotopic (exact) mass is 367 g/mol. The first-order valence-electron chi connectivity index (χ1n) is 9.82. The summed E-state index contributed by atoms with van der Waals surface area (Å²) in [6, 6.07) is 11.5. The Hall–Kier alpha value is -2.56. The van der Waals surface area contributed by atoms with Crippen molar-refractivity contribution in [3.63, 3.8) is 0 Å². The number of hydrogen-bond acceptors (Lipinski definition) is 2. The van der Waals surface area contributed by atoms with Gasteiger partial charge in [-0.25, -0.2) is 4.79 Å². The molecule has 1 aromatic heterocycles. The number of rotatable bonds is 5. The Balaban J connectivity index is 1.72. The zero-order chi connectivity index (χ0) is 19.2. The van der Waals surface area contributed by atoms with Crippen molar-refractivity contribution >= 4 is 11.7 Å². The molecule has 1 fully saturated rings. The van der Waals surface area contributed by atoms with E-state index in [1.54, 1.807) is 13.2 Å². The summed E-state index contributed by atoms with van der Waals surface area (Å²) in [5, 5.41) is 6.06. The molecule has 0 radical (unpaired) electrons. The zero-order valence-corrected chi connectivity index (χ0v) is 16.2. The third-order valence-corrected chi connectivity index (χ3v) is 5.48. The van der Waals surface area contributed by atoms with Gasteiger partial charge in [-0.2, -0.15) is 0 Å². The number of hydrogen-bond donors (Lipinski definition) is 2. The minimum atomic E-state index is -0.235. The van der Waals surface area contributed by atoms with Crippen LogP contribution in [-0.4, -0.2) is 10.6 Å². The van der Waals surface area contributed by atoms with Gasteiger partial charge in [0.1, 0.15) is 0 Å². The highest BCUT2D eigenvalue weighted by Gasteiger charge is 2.22. The average Bonchev–Trinajstić information content (AvgIpc) is 2.67. The second-order valence-corrected chi connectivity index (χ2v) is 7.62. The Morgan fingerprint density at radius 3 is 2.59 bits per heavy atom. The van der Waals surface area contributed by atoms with E-state index in [1.165, 1.54) is 42.7 Å². The summed E-state index contributed by atoms with van der Waals surface area (Å²) in [6.07, 6.45) is 9.01. The van der Waals surface area contributed by atoms with Gasteiger partial charge in [-0.3, -0.25) is 4.79 Å². The van der Waals surface area contributed by atoms with E-state index in [1.807, 2.05) is 25.1 Å². The summed E-state index contributed by atoms with van der Waals surface area (Å²) in [6.45, 7) is 1.83. The molecule has 0 spiro atoms. The van der Waals surface area contributed by atoms with Crippen LogP contribution in [0.3, 0.4) is 0 Å². The van der Waals surface area contributed by atoms with Gasteiger partial charge in [0.2, 0.25) is 0 Å². The molecule has 1 saturated carbocycles. The van der Waals surface area contributed by atoms with Crippen LogP contribution in [-0.2, 0) is 7.05 Å². The molecule has 5 nitrogen and oxygen atoms in total. The Bertz CT molecular complexity index is 823. The second-order valence-electron chi connectivity index (χ2n) is 7.62. The molecule has 0 aliphatic heterocycles. The lowest BCUT2D eigenvalue weighted by molar-refractivity contribution is 0.242. The Kier molecular flexibility index (Phi) is 6.32. The third kappa shape index (κ3) is 5.22. The number of benzene rings is 1. The fourth-order valence-corrected chi connectivity index (χ4v) is 3.89. The lowest BCUT2D eigenvalue weighted by Crippen LogP contribution is -2.34. The van der Waals surface area contributed by atoms with E-state index in [9.17, 15) is 9.59 Å². The van der Waals surface area contributed by atoms with Crippen molar-refractivity contribution in [3.05, 3.63) is 64.1 Å². The molecule has 0 bridgehead atoms. The van der Waals surface area contributed by atoms with Crippen LogP contribution in [0, 0.1) is 12.8 Å². The highest BCUT2D eigenvalue weighted by atomic mass is 16.2. The maximum atomic E-state index is 12.7. The summed E-state index contributed by atoms with van der Waals surface area (Å²) in [4.78, 5) is 24.4. The number of aromatic nitrogens is 1. The second kappa shape index (κ2) is 8.89. The van der Waals surface area contributed by atoms with E-state index in [0.717, 1.165) is 17.5 Å². The van der Waals surface area contributed by atoms with Gasteiger partial charge in [0.15, 0.2) is 0 Å². The van der Waals surface area contributed by atoms with Crippen LogP contribution in [0.25, 0.3) is 0 Å². The standard InChI is InChI=1S/C22H29N3O2/c1-16-13-21(26)25(2)15-20(16)24-22(27)23-19(18-11-7-4-8-12-18)14-17-9-5-3-6-10-17/h4,7-8,11-13,15,17,19H,3,5-6,9-10,14H2,1-2H3,(H2,23,24,27). The average molecular weight is 367 g/mol. The van der Waals surface area contributed by atoms with Crippen molar-refractivity contribution in [2.24, 2.45) is 13.0 Å². The highest BCUT2D eigenvalue weighted by molar-refractivity contribution is 5.90. The van der Waals surface area contributed by atoms with E-state index in [-0.39, 0.29) is 17.6 Å².